The number of nitrogens with one attached hydrogen (secondary N) is 1. The quantitative estimate of drug-likeness (QED) is 0.694. The van der Waals surface area contributed by atoms with E-state index in [-0.39, 0.29) is 6.04 Å². The monoisotopic (exact) mass is 265 g/mol. The normalized spacial score (nSPS) is 12.7. The summed E-state index contributed by atoms with van der Waals surface area (Å²) in [6.07, 6.45) is 2.35. The molecule has 0 radical (unpaired) electrons. The predicted octanol–water partition coefficient (Wildman–Crippen LogP) is 3.41. The zero-order valence-electron chi connectivity index (χ0n) is 12.6. The molecule has 0 spiro atoms. The molecule has 1 aromatic rings. The Bertz CT molecular complexity index is 352. The molecule has 3 heteroatoms. The Morgan fingerprint density at radius 2 is 1.95 bits per heavy atom. The summed E-state index contributed by atoms with van der Waals surface area (Å²) >= 11 is 0. The lowest BCUT2D eigenvalue weighted by molar-refractivity contribution is 0.107. The number of rotatable bonds is 9. The minimum absolute atomic E-state index is 0.176. The first-order valence-corrected chi connectivity index (χ1v) is 7.07. The van der Waals surface area contributed by atoms with E-state index in [1.165, 1.54) is 6.42 Å². The molecule has 1 rings (SSSR count). The van der Waals surface area contributed by atoms with Gasteiger partial charge in [-0.3, -0.25) is 0 Å². The Kier molecular flexibility index (Phi) is 7.53. The van der Waals surface area contributed by atoms with Crippen LogP contribution in [0.5, 0.6) is 5.75 Å². The fraction of sp³-hybridized carbons (Fsp3) is 0.625. The molecule has 1 atom stereocenters. The van der Waals surface area contributed by atoms with Gasteiger partial charge in [-0.25, -0.2) is 0 Å². The molecule has 0 aromatic heterocycles. The Labute approximate surface area is 117 Å². The molecule has 3 nitrogen and oxygen atoms in total. The predicted molar refractivity (Wildman–Crippen MR) is 79.7 cm³/mol. The summed E-state index contributed by atoms with van der Waals surface area (Å²) in [6, 6.07) is 8.25. The first-order chi connectivity index (χ1) is 9.19. The van der Waals surface area contributed by atoms with Crippen LogP contribution in [0.3, 0.4) is 0 Å². The van der Waals surface area contributed by atoms with Gasteiger partial charge in [0.2, 0.25) is 0 Å². The van der Waals surface area contributed by atoms with E-state index in [2.05, 4.69) is 25.2 Å². The third-order valence-corrected chi connectivity index (χ3v) is 3.22. The van der Waals surface area contributed by atoms with Gasteiger partial charge >= 0.3 is 0 Å². The van der Waals surface area contributed by atoms with Crippen LogP contribution in [0.4, 0.5) is 0 Å². The van der Waals surface area contributed by atoms with Crippen molar-refractivity contribution in [3.05, 3.63) is 29.8 Å². The van der Waals surface area contributed by atoms with Crippen LogP contribution in [0.1, 0.15) is 38.3 Å². The van der Waals surface area contributed by atoms with E-state index >= 15 is 0 Å². The Balaban J connectivity index is 2.44. The van der Waals surface area contributed by atoms with E-state index in [9.17, 15) is 0 Å². The van der Waals surface area contributed by atoms with Crippen molar-refractivity contribution in [2.75, 3.05) is 27.4 Å². The summed E-state index contributed by atoms with van der Waals surface area (Å²) in [4.78, 5) is 0. The van der Waals surface area contributed by atoms with Crippen LogP contribution in [0, 0.1) is 5.92 Å². The lowest BCUT2D eigenvalue weighted by Gasteiger charge is -2.19. The van der Waals surface area contributed by atoms with E-state index in [1.807, 2.05) is 25.2 Å². The van der Waals surface area contributed by atoms with Crippen molar-refractivity contribution in [1.82, 2.24) is 5.32 Å². The molecule has 0 aliphatic rings. The highest BCUT2D eigenvalue weighted by molar-refractivity contribution is 5.35. The summed E-state index contributed by atoms with van der Waals surface area (Å²) in [5.74, 6) is 1.66. The highest BCUT2D eigenvalue weighted by Gasteiger charge is 2.13. The van der Waals surface area contributed by atoms with Crippen molar-refractivity contribution >= 4 is 0 Å². The van der Waals surface area contributed by atoms with Gasteiger partial charge in [-0.05, 0) is 31.9 Å². The van der Waals surface area contributed by atoms with Crippen molar-refractivity contribution in [3.63, 3.8) is 0 Å². The second-order valence-electron chi connectivity index (χ2n) is 5.19. The molecule has 0 heterocycles. The third-order valence-electron chi connectivity index (χ3n) is 3.22. The lowest BCUT2D eigenvalue weighted by Crippen LogP contribution is -2.22. The number of ether oxygens (including phenoxy) is 2. The SMILES string of the molecule is CNC(COCCCC(C)C)c1ccccc1OC. The van der Waals surface area contributed by atoms with E-state index in [0.29, 0.717) is 6.61 Å². The summed E-state index contributed by atoms with van der Waals surface area (Å²) in [5.41, 5.74) is 1.15. The van der Waals surface area contributed by atoms with Crippen LogP contribution in [0.15, 0.2) is 24.3 Å². The fourth-order valence-corrected chi connectivity index (χ4v) is 2.08. The average molecular weight is 265 g/mol. The number of benzene rings is 1. The Morgan fingerprint density at radius 3 is 2.58 bits per heavy atom. The van der Waals surface area contributed by atoms with Gasteiger partial charge in [-0.2, -0.15) is 0 Å². The first kappa shape index (κ1) is 16.0. The second-order valence-corrected chi connectivity index (χ2v) is 5.19. The van der Waals surface area contributed by atoms with E-state index in [4.69, 9.17) is 9.47 Å². The third kappa shape index (κ3) is 5.62. The molecule has 0 saturated heterocycles. The zero-order chi connectivity index (χ0) is 14.1. The van der Waals surface area contributed by atoms with Crippen molar-refractivity contribution in [3.8, 4) is 5.75 Å². The Hall–Kier alpha value is -1.06. The number of likely N-dealkylation sites (N-methyl/N-ethyl adjacent to an activating group) is 1. The second kappa shape index (κ2) is 8.94. The fourth-order valence-electron chi connectivity index (χ4n) is 2.08. The van der Waals surface area contributed by atoms with Gasteiger partial charge in [0, 0.05) is 12.2 Å². The minimum atomic E-state index is 0.176. The average Bonchev–Trinajstić information content (AvgIpc) is 2.42. The molecule has 0 aliphatic carbocycles. The Morgan fingerprint density at radius 1 is 1.21 bits per heavy atom. The van der Waals surface area contributed by atoms with E-state index in [1.54, 1.807) is 7.11 Å². The van der Waals surface area contributed by atoms with Crippen molar-refractivity contribution in [2.24, 2.45) is 5.92 Å². The molecule has 0 fully saturated rings. The molecule has 19 heavy (non-hydrogen) atoms. The highest BCUT2D eigenvalue weighted by Crippen LogP contribution is 2.24. The van der Waals surface area contributed by atoms with Crippen LogP contribution in [0.25, 0.3) is 0 Å². The number of methoxy groups -OCH3 is 1. The van der Waals surface area contributed by atoms with Crippen molar-refractivity contribution in [1.29, 1.82) is 0 Å². The summed E-state index contributed by atoms with van der Waals surface area (Å²) < 4.78 is 11.2. The van der Waals surface area contributed by atoms with E-state index in [0.717, 1.165) is 30.3 Å². The van der Waals surface area contributed by atoms with Crippen LogP contribution in [0.2, 0.25) is 0 Å². The van der Waals surface area contributed by atoms with Crippen molar-refractivity contribution in [2.45, 2.75) is 32.7 Å². The lowest BCUT2D eigenvalue weighted by atomic mass is 10.1. The molecule has 108 valence electrons. The van der Waals surface area contributed by atoms with Gasteiger partial charge in [0.1, 0.15) is 5.75 Å². The molecular weight excluding hydrogens is 238 g/mol. The van der Waals surface area contributed by atoms with Gasteiger partial charge in [-0.1, -0.05) is 32.0 Å². The van der Waals surface area contributed by atoms with Gasteiger partial charge in [-0.15, -0.1) is 0 Å². The first-order valence-electron chi connectivity index (χ1n) is 7.07. The molecular formula is C16H27NO2. The maximum absolute atomic E-state index is 5.77. The molecule has 1 N–H and O–H groups in total. The highest BCUT2D eigenvalue weighted by atomic mass is 16.5. The van der Waals surface area contributed by atoms with Crippen LogP contribution >= 0.6 is 0 Å². The summed E-state index contributed by atoms with van der Waals surface area (Å²) in [7, 11) is 3.66. The minimum Gasteiger partial charge on any atom is -0.496 e. The topological polar surface area (TPSA) is 30.5 Å². The standard InChI is InChI=1S/C16H27NO2/c1-13(2)8-7-11-19-12-15(17-3)14-9-5-6-10-16(14)18-4/h5-6,9-10,13,15,17H,7-8,11-12H2,1-4H3. The molecule has 0 aliphatic heterocycles. The molecule has 0 bridgehead atoms. The van der Waals surface area contributed by atoms with Gasteiger partial charge in [0.05, 0.1) is 19.8 Å². The zero-order valence-corrected chi connectivity index (χ0v) is 12.6. The number of para-hydroxylation sites is 1. The van der Waals surface area contributed by atoms with Crippen LogP contribution in [-0.4, -0.2) is 27.4 Å². The smallest absolute Gasteiger partial charge is 0.123 e. The summed E-state index contributed by atoms with van der Waals surface area (Å²) in [5, 5.41) is 3.29. The van der Waals surface area contributed by atoms with Gasteiger partial charge in [0.25, 0.3) is 0 Å². The summed E-state index contributed by atoms with van der Waals surface area (Å²) in [6.45, 7) is 5.98. The number of hydrogen-bond acceptors (Lipinski definition) is 3. The molecule has 1 unspecified atom stereocenters. The van der Waals surface area contributed by atoms with Crippen molar-refractivity contribution < 1.29 is 9.47 Å². The maximum atomic E-state index is 5.77. The number of hydrogen-bond donors (Lipinski definition) is 1. The molecule has 0 amide bonds. The van der Waals surface area contributed by atoms with E-state index < -0.39 is 0 Å². The van der Waals surface area contributed by atoms with Gasteiger partial charge < -0.3 is 14.8 Å². The largest absolute Gasteiger partial charge is 0.496 e. The van der Waals surface area contributed by atoms with Crippen LogP contribution in [-0.2, 0) is 4.74 Å². The molecule has 0 saturated carbocycles. The van der Waals surface area contributed by atoms with Gasteiger partial charge in [0.15, 0.2) is 0 Å². The molecule has 1 aromatic carbocycles. The maximum Gasteiger partial charge on any atom is 0.123 e. The van der Waals surface area contributed by atoms with Crippen LogP contribution < -0.4 is 10.1 Å².